The predicted octanol–water partition coefficient (Wildman–Crippen LogP) is 3.94. The minimum absolute atomic E-state index is 0.00313. The molecule has 3 atom stereocenters. The molecule has 0 bridgehead atoms. The quantitative estimate of drug-likeness (QED) is 0.346. The summed E-state index contributed by atoms with van der Waals surface area (Å²) in [6.45, 7) is 3.67. The fraction of sp³-hybridized carbons (Fsp3) is 0.483. The number of amides is 1. The minimum atomic E-state index is -0.0746. The van der Waals surface area contributed by atoms with Crippen molar-refractivity contribution in [3.8, 4) is 11.3 Å². The molecule has 2 aliphatic rings. The van der Waals surface area contributed by atoms with Crippen LogP contribution in [0.4, 0.5) is 5.95 Å². The molecule has 2 fully saturated rings. The summed E-state index contributed by atoms with van der Waals surface area (Å²) >= 11 is 6.53. The van der Waals surface area contributed by atoms with Crippen LogP contribution in [0.1, 0.15) is 25.7 Å². The molecule has 1 aliphatic carbocycles. The second-order valence-corrected chi connectivity index (χ2v) is 11.1. The number of aromatic amines is 1. The Hall–Kier alpha value is -2.98. The molecule has 0 radical (unpaired) electrons. The third-order valence-corrected chi connectivity index (χ3v) is 7.78. The Kier molecular flexibility index (Phi) is 9.13. The van der Waals surface area contributed by atoms with Crippen molar-refractivity contribution in [2.75, 3.05) is 52.2 Å². The van der Waals surface area contributed by atoms with Crippen molar-refractivity contribution in [1.29, 1.82) is 0 Å². The topological polar surface area (TPSA) is 98.4 Å². The molecule has 9 nitrogen and oxygen atoms in total. The molecule has 1 saturated carbocycles. The van der Waals surface area contributed by atoms with E-state index in [2.05, 4.69) is 31.6 Å². The number of hydrogen-bond donors (Lipinski definition) is 3. The largest absolute Gasteiger partial charge is 0.374 e. The van der Waals surface area contributed by atoms with Crippen LogP contribution < -0.4 is 10.6 Å². The number of ether oxygens (including phenoxy) is 1. The summed E-state index contributed by atoms with van der Waals surface area (Å²) < 4.78 is 5.97. The normalized spacial score (nSPS) is 22.5. The van der Waals surface area contributed by atoms with Crippen LogP contribution in [0.3, 0.4) is 0 Å². The molecule has 3 N–H and O–H groups in total. The zero-order valence-corrected chi connectivity index (χ0v) is 23.5. The Bertz CT molecular complexity index is 1290. The van der Waals surface area contributed by atoms with Gasteiger partial charge in [-0.25, -0.2) is 9.97 Å². The first kappa shape index (κ1) is 27.6. The lowest BCUT2D eigenvalue weighted by atomic mass is 9.89. The molecule has 208 valence electrons. The third-order valence-electron chi connectivity index (χ3n) is 7.50. The van der Waals surface area contributed by atoms with Gasteiger partial charge in [0.05, 0.1) is 29.6 Å². The lowest BCUT2D eigenvalue weighted by Crippen LogP contribution is -2.52. The molecule has 1 aliphatic heterocycles. The van der Waals surface area contributed by atoms with E-state index in [0.29, 0.717) is 30.2 Å². The highest BCUT2D eigenvalue weighted by molar-refractivity contribution is 6.33. The second-order valence-electron chi connectivity index (χ2n) is 10.7. The molecular formula is C29H38ClN7O2. The van der Waals surface area contributed by atoms with Crippen molar-refractivity contribution in [3.05, 3.63) is 53.8 Å². The van der Waals surface area contributed by atoms with Crippen molar-refractivity contribution in [2.45, 2.75) is 43.9 Å². The summed E-state index contributed by atoms with van der Waals surface area (Å²) in [5, 5.41) is 8.20. The molecule has 1 amide bonds. The molecule has 0 spiro atoms. The van der Waals surface area contributed by atoms with Gasteiger partial charge in [-0.3, -0.25) is 9.69 Å². The smallest absolute Gasteiger partial charge is 0.243 e. The number of anilines is 1. The fourth-order valence-corrected chi connectivity index (χ4v) is 5.74. The Morgan fingerprint density at radius 3 is 3.05 bits per heavy atom. The van der Waals surface area contributed by atoms with Crippen LogP contribution in [0, 0.1) is 0 Å². The minimum Gasteiger partial charge on any atom is -0.374 e. The molecule has 39 heavy (non-hydrogen) atoms. The van der Waals surface area contributed by atoms with Gasteiger partial charge in [-0.1, -0.05) is 35.9 Å². The number of fused-ring (bicyclic) bond motifs is 1. The summed E-state index contributed by atoms with van der Waals surface area (Å²) in [6, 6.07) is 8.88. The Labute approximate surface area is 235 Å². The molecule has 3 heterocycles. The van der Waals surface area contributed by atoms with Crippen LogP contribution >= 0.6 is 11.6 Å². The second kappa shape index (κ2) is 12.9. The third kappa shape index (κ3) is 7.16. The highest BCUT2D eigenvalue weighted by Crippen LogP contribution is 2.33. The van der Waals surface area contributed by atoms with Gasteiger partial charge in [-0.2, -0.15) is 0 Å². The standard InChI is InChI=1S/C29H38ClN7O2/c1-36(2)12-6-11-27(38)32-16-22-19-37(13-14-39-22)21-8-5-7-20(15-21)34-29-33-18-25(30)28(35-29)24-17-31-26-10-4-3-9-23(24)26/h3-4,6,9-11,17-18,20-22,31H,5,7-8,12-16,19H2,1-2H3,(H,32,38)(H,33,34,35)/b11-6+/t20-,21-,22?/m1/s1. The van der Waals surface area contributed by atoms with Gasteiger partial charge < -0.3 is 25.3 Å². The van der Waals surface area contributed by atoms with Crippen molar-refractivity contribution in [3.63, 3.8) is 0 Å². The molecule has 1 saturated heterocycles. The molecule has 2 aromatic heterocycles. The summed E-state index contributed by atoms with van der Waals surface area (Å²) in [6.07, 6.45) is 11.5. The van der Waals surface area contributed by atoms with Crippen LogP contribution in [0.15, 0.2) is 48.8 Å². The average molecular weight is 552 g/mol. The monoisotopic (exact) mass is 551 g/mol. The van der Waals surface area contributed by atoms with Gasteiger partial charge in [-0.15, -0.1) is 0 Å². The fourth-order valence-electron chi connectivity index (χ4n) is 5.54. The number of H-pyrrole nitrogens is 1. The number of para-hydroxylation sites is 1. The van der Waals surface area contributed by atoms with Gasteiger partial charge in [0, 0.05) is 67.0 Å². The number of rotatable bonds is 9. The number of aromatic nitrogens is 3. The highest BCUT2D eigenvalue weighted by Gasteiger charge is 2.31. The maximum Gasteiger partial charge on any atom is 0.243 e. The lowest BCUT2D eigenvalue weighted by Gasteiger charge is -2.42. The number of nitrogens with zero attached hydrogens (tertiary/aromatic N) is 4. The Morgan fingerprint density at radius 2 is 2.18 bits per heavy atom. The van der Waals surface area contributed by atoms with E-state index in [9.17, 15) is 4.79 Å². The van der Waals surface area contributed by atoms with E-state index in [1.165, 1.54) is 0 Å². The summed E-state index contributed by atoms with van der Waals surface area (Å²) in [5.41, 5.74) is 2.76. The van der Waals surface area contributed by atoms with Gasteiger partial charge in [0.15, 0.2) is 0 Å². The molecule has 1 aromatic carbocycles. The van der Waals surface area contributed by atoms with Crippen LogP contribution in [0.25, 0.3) is 22.2 Å². The number of carbonyl (C=O) groups is 1. The Balaban J connectivity index is 1.17. The number of likely N-dealkylation sites (N-methyl/N-ethyl adjacent to an activating group) is 1. The predicted molar refractivity (Wildman–Crippen MR) is 156 cm³/mol. The van der Waals surface area contributed by atoms with E-state index in [-0.39, 0.29) is 18.1 Å². The first-order chi connectivity index (χ1) is 19.0. The van der Waals surface area contributed by atoms with Crippen LogP contribution in [0.2, 0.25) is 5.02 Å². The number of hydrogen-bond acceptors (Lipinski definition) is 7. The molecular weight excluding hydrogens is 514 g/mol. The Morgan fingerprint density at radius 1 is 1.31 bits per heavy atom. The van der Waals surface area contributed by atoms with E-state index in [1.807, 2.05) is 49.5 Å². The molecule has 1 unspecified atom stereocenters. The zero-order valence-electron chi connectivity index (χ0n) is 22.7. The molecule has 10 heteroatoms. The average Bonchev–Trinajstić information content (AvgIpc) is 3.37. The number of carbonyl (C=O) groups excluding carboxylic acids is 1. The van der Waals surface area contributed by atoms with Crippen LogP contribution in [0.5, 0.6) is 0 Å². The number of halogens is 1. The van der Waals surface area contributed by atoms with Gasteiger partial charge in [0.25, 0.3) is 0 Å². The van der Waals surface area contributed by atoms with Gasteiger partial charge in [-0.05, 0) is 45.8 Å². The van der Waals surface area contributed by atoms with Crippen molar-refractivity contribution in [1.82, 2.24) is 30.1 Å². The first-order valence-electron chi connectivity index (χ1n) is 13.8. The van der Waals surface area contributed by atoms with E-state index in [1.54, 1.807) is 12.3 Å². The van der Waals surface area contributed by atoms with E-state index < -0.39 is 0 Å². The SMILES string of the molecule is CN(C)C/C=C/C(=O)NCC1CN([C@@H]2CCC[C@@H](Nc3ncc(Cl)c(-c4c[nH]c5ccccc45)n3)C2)CCO1. The lowest BCUT2D eigenvalue weighted by molar-refractivity contribution is -0.118. The van der Waals surface area contributed by atoms with Crippen molar-refractivity contribution < 1.29 is 9.53 Å². The number of nitrogens with one attached hydrogen (secondary N) is 3. The van der Waals surface area contributed by atoms with Crippen molar-refractivity contribution >= 4 is 34.4 Å². The molecule has 5 rings (SSSR count). The van der Waals surface area contributed by atoms with Gasteiger partial charge in [0.2, 0.25) is 11.9 Å². The van der Waals surface area contributed by atoms with Crippen LogP contribution in [-0.4, -0.2) is 95.7 Å². The summed E-state index contributed by atoms with van der Waals surface area (Å²) in [7, 11) is 3.95. The van der Waals surface area contributed by atoms with E-state index in [0.717, 1.165) is 67.5 Å². The van der Waals surface area contributed by atoms with Crippen molar-refractivity contribution in [2.24, 2.45) is 0 Å². The molecule has 3 aromatic rings. The highest BCUT2D eigenvalue weighted by atomic mass is 35.5. The maximum atomic E-state index is 12.1. The maximum absolute atomic E-state index is 12.1. The first-order valence-corrected chi connectivity index (χ1v) is 14.1. The van der Waals surface area contributed by atoms with E-state index >= 15 is 0 Å². The summed E-state index contributed by atoms with van der Waals surface area (Å²) in [5.74, 6) is 0.532. The number of morpholine rings is 1. The number of benzene rings is 1. The van der Waals surface area contributed by atoms with Gasteiger partial charge >= 0.3 is 0 Å². The zero-order chi connectivity index (χ0) is 27.2. The van der Waals surface area contributed by atoms with E-state index in [4.69, 9.17) is 21.3 Å². The van der Waals surface area contributed by atoms with Gasteiger partial charge in [0.1, 0.15) is 0 Å². The summed E-state index contributed by atoms with van der Waals surface area (Å²) in [4.78, 5) is 29.3. The van der Waals surface area contributed by atoms with Crippen LogP contribution in [-0.2, 0) is 9.53 Å².